The van der Waals surface area contributed by atoms with Gasteiger partial charge in [-0.15, -0.1) is 0 Å². The Morgan fingerprint density at radius 3 is 2.47 bits per heavy atom. The molecule has 1 aliphatic rings. The van der Waals surface area contributed by atoms with Crippen LogP contribution in [0.15, 0.2) is 29.2 Å². The molecule has 0 radical (unpaired) electrons. The lowest BCUT2D eigenvalue weighted by Crippen LogP contribution is -2.36. The third-order valence-corrected chi connectivity index (χ3v) is 5.88. The molecule has 2 unspecified atom stereocenters. The Bertz CT molecular complexity index is 550. The predicted octanol–water partition coefficient (Wildman–Crippen LogP) is 2.13. The van der Waals surface area contributed by atoms with Gasteiger partial charge in [0.2, 0.25) is 10.0 Å². The van der Waals surface area contributed by atoms with Crippen LogP contribution in [0.1, 0.15) is 38.3 Å². The smallest absolute Gasteiger partial charge is 0.243 e. The zero-order valence-corrected chi connectivity index (χ0v) is 12.5. The monoisotopic (exact) mass is 282 g/mol. The molecule has 0 aliphatic heterocycles. The number of hydrogen-bond donors (Lipinski definition) is 1. The van der Waals surface area contributed by atoms with Gasteiger partial charge in [0.15, 0.2) is 0 Å². The van der Waals surface area contributed by atoms with Gasteiger partial charge in [0.1, 0.15) is 0 Å². The third-order valence-electron chi connectivity index (χ3n) is 3.94. The molecule has 1 saturated carbocycles. The van der Waals surface area contributed by atoms with Crippen LogP contribution in [0.3, 0.4) is 0 Å². The summed E-state index contributed by atoms with van der Waals surface area (Å²) in [6.45, 7) is 3.83. The minimum absolute atomic E-state index is 0.0592. The van der Waals surface area contributed by atoms with Gasteiger partial charge in [-0.05, 0) is 50.3 Å². The molecule has 0 bridgehead atoms. The van der Waals surface area contributed by atoms with Gasteiger partial charge in [-0.1, -0.05) is 12.1 Å². The van der Waals surface area contributed by atoms with Crippen molar-refractivity contribution >= 4 is 10.0 Å². The molecule has 2 rings (SSSR count). The van der Waals surface area contributed by atoms with Gasteiger partial charge in [-0.3, -0.25) is 0 Å². The van der Waals surface area contributed by atoms with Crippen LogP contribution in [0, 0.1) is 5.92 Å². The van der Waals surface area contributed by atoms with E-state index >= 15 is 0 Å². The maximum Gasteiger partial charge on any atom is 0.243 e. The van der Waals surface area contributed by atoms with Crippen molar-refractivity contribution in [1.29, 1.82) is 0 Å². The van der Waals surface area contributed by atoms with E-state index in [1.807, 2.05) is 19.9 Å². The summed E-state index contributed by atoms with van der Waals surface area (Å²) in [5.41, 5.74) is 6.65. The van der Waals surface area contributed by atoms with Crippen LogP contribution in [-0.4, -0.2) is 25.8 Å². The fourth-order valence-corrected chi connectivity index (χ4v) is 3.70. The normalized spacial score (nSPS) is 19.4. The van der Waals surface area contributed by atoms with Gasteiger partial charge in [-0.25, -0.2) is 8.42 Å². The summed E-state index contributed by atoms with van der Waals surface area (Å²) in [5.74, 6) is 0.511. The fraction of sp³-hybridized carbons (Fsp3) is 0.571. The Morgan fingerprint density at radius 2 is 1.95 bits per heavy atom. The maximum absolute atomic E-state index is 12.6. The number of benzene rings is 1. The highest BCUT2D eigenvalue weighted by molar-refractivity contribution is 7.89. The van der Waals surface area contributed by atoms with E-state index in [1.54, 1.807) is 25.2 Å². The molecule has 0 saturated heterocycles. The molecule has 1 aromatic carbocycles. The highest BCUT2D eigenvalue weighted by Crippen LogP contribution is 2.36. The lowest BCUT2D eigenvalue weighted by Gasteiger charge is -2.24. The molecule has 1 aliphatic carbocycles. The second kappa shape index (κ2) is 5.23. The lowest BCUT2D eigenvalue weighted by atomic mass is 10.1. The van der Waals surface area contributed by atoms with E-state index in [-0.39, 0.29) is 12.1 Å². The van der Waals surface area contributed by atoms with Gasteiger partial charge in [0.05, 0.1) is 4.90 Å². The van der Waals surface area contributed by atoms with E-state index in [2.05, 4.69) is 0 Å². The summed E-state index contributed by atoms with van der Waals surface area (Å²) in [6.07, 6.45) is 2.25. The molecule has 0 spiro atoms. The molecule has 0 amide bonds. The van der Waals surface area contributed by atoms with Crippen LogP contribution in [0.25, 0.3) is 0 Å². The first-order valence-electron chi connectivity index (χ1n) is 6.67. The van der Waals surface area contributed by atoms with Crippen molar-refractivity contribution < 1.29 is 8.42 Å². The van der Waals surface area contributed by atoms with Gasteiger partial charge >= 0.3 is 0 Å². The SMILES string of the molecule is CC(N)c1cccc(S(=O)(=O)N(C)C(C)C2CC2)c1. The average Bonchev–Trinajstić information content (AvgIpc) is 3.21. The Labute approximate surface area is 115 Å². The average molecular weight is 282 g/mol. The van der Waals surface area contributed by atoms with E-state index in [9.17, 15) is 8.42 Å². The number of rotatable bonds is 5. The summed E-state index contributed by atoms with van der Waals surface area (Å²) in [5, 5.41) is 0. The minimum atomic E-state index is -3.42. The third kappa shape index (κ3) is 2.99. The molecule has 5 heteroatoms. The molecule has 106 valence electrons. The molecule has 0 heterocycles. The quantitative estimate of drug-likeness (QED) is 0.899. The molecule has 0 aromatic heterocycles. The summed E-state index contributed by atoms with van der Waals surface area (Å²) in [7, 11) is -1.76. The fourth-order valence-electron chi connectivity index (χ4n) is 2.22. The Hall–Kier alpha value is -0.910. The summed E-state index contributed by atoms with van der Waals surface area (Å²) < 4.78 is 26.6. The lowest BCUT2D eigenvalue weighted by molar-refractivity contribution is 0.357. The second-order valence-electron chi connectivity index (χ2n) is 5.46. The molecule has 4 nitrogen and oxygen atoms in total. The number of nitrogens with two attached hydrogens (primary N) is 1. The molecular weight excluding hydrogens is 260 g/mol. The molecule has 1 fully saturated rings. The summed E-state index contributed by atoms with van der Waals surface area (Å²) in [4.78, 5) is 0.331. The topological polar surface area (TPSA) is 63.4 Å². The highest BCUT2D eigenvalue weighted by Gasteiger charge is 2.36. The van der Waals surface area contributed by atoms with E-state index in [1.165, 1.54) is 4.31 Å². The van der Waals surface area contributed by atoms with Crippen molar-refractivity contribution in [3.05, 3.63) is 29.8 Å². The minimum Gasteiger partial charge on any atom is -0.324 e. The van der Waals surface area contributed by atoms with Crippen molar-refractivity contribution in [3.63, 3.8) is 0 Å². The van der Waals surface area contributed by atoms with E-state index in [4.69, 9.17) is 5.73 Å². The van der Waals surface area contributed by atoms with Crippen LogP contribution in [0.4, 0.5) is 0 Å². The zero-order valence-electron chi connectivity index (χ0n) is 11.7. The number of nitrogens with zero attached hydrogens (tertiary/aromatic N) is 1. The summed E-state index contributed by atoms with van der Waals surface area (Å²) in [6, 6.07) is 6.81. The first-order chi connectivity index (χ1) is 8.84. The first-order valence-corrected chi connectivity index (χ1v) is 8.11. The van der Waals surface area contributed by atoms with Crippen molar-refractivity contribution in [2.45, 2.75) is 43.7 Å². The van der Waals surface area contributed by atoms with Gasteiger partial charge in [-0.2, -0.15) is 4.31 Å². The van der Waals surface area contributed by atoms with Crippen LogP contribution in [0.5, 0.6) is 0 Å². The molecular formula is C14H22N2O2S. The Morgan fingerprint density at radius 1 is 1.32 bits per heavy atom. The predicted molar refractivity (Wildman–Crippen MR) is 76.2 cm³/mol. The largest absolute Gasteiger partial charge is 0.324 e. The van der Waals surface area contributed by atoms with E-state index in [0.29, 0.717) is 10.8 Å². The molecule has 19 heavy (non-hydrogen) atoms. The maximum atomic E-state index is 12.6. The molecule has 2 atom stereocenters. The standard InChI is InChI=1S/C14H22N2O2S/c1-10(15)13-5-4-6-14(9-13)19(17,18)16(3)11(2)12-7-8-12/h4-6,9-12H,7-8,15H2,1-3H3. The van der Waals surface area contributed by atoms with Crippen molar-refractivity contribution in [2.75, 3.05) is 7.05 Å². The second-order valence-corrected chi connectivity index (χ2v) is 7.46. The summed E-state index contributed by atoms with van der Waals surface area (Å²) >= 11 is 0. The highest BCUT2D eigenvalue weighted by atomic mass is 32.2. The van der Waals surface area contributed by atoms with Crippen LogP contribution in [-0.2, 0) is 10.0 Å². The van der Waals surface area contributed by atoms with Crippen molar-refractivity contribution in [3.8, 4) is 0 Å². The van der Waals surface area contributed by atoms with Crippen LogP contribution >= 0.6 is 0 Å². The zero-order chi connectivity index (χ0) is 14.2. The van der Waals surface area contributed by atoms with E-state index < -0.39 is 10.0 Å². The first kappa shape index (κ1) is 14.5. The molecule has 1 aromatic rings. The van der Waals surface area contributed by atoms with Crippen LogP contribution < -0.4 is 5.73 Å². The Balaban J connectivity index is 2.30. The number of sulfonamides is 1. The van der Waals surface area contributed by atoms with Crippen LogP contribution in [0.2, 0.25) is 0 Å². The van der Waals surface area contributed by atoms with Gasteiger partial charge < -0.3 is 5.73 Å². The van der Waals surface area contributed by atoms with E-state index in [0.717, 1.165) is 18.4 Å². The van der Waals surface area contributed by atoms with Gasteiger partial charge in [0.25, 0.3) is 0 Å². The Kier molecular flexibility index (Phi) is 3.99. The van der Waals surface area contributed by atoms with Crippen molar-refractivity contribution in [1.82, 2.24) is 4.31 Å². The number of hydrogen-bond acceptors (Lipinski definition) is 3. The van der Waals surface area contributed by atoms with Crippen molar-refractivity contribution in [2.24, 2.45) is 11.7 Å². The van der Waals surface area contributed by atoms with Gasteiger partial charge in [0, 0.05) is 19.1 Å². The molecule has 2 N–H and O–H groups in total.